The van der Waals surface area contributed by atoms with Crippen LogP contribution in [0.5, 0.6) is 0 Å². The van der Waals surface area contributed by atoms with E-state index in [0.717, 1.165) is 5.92 Å². The fourth-order valence-corrected chi connectivity index (χ4v) is 2.69. The van der Waals surface area contributed by atoms with Crippen molar-refractivity contribution >= 4 is 0 Å². The molecule has 82 valence electrons. The zero-order valence-corrected chi connectivity index (χ0v) is 9.63. The third-order valence-electron chi connectivity index (χ3n) is 4.46. The Hall–Kier alpha value is -0.0800. The molecule has 14 heavy (non-hydrogen) atoms. The van der Waals surface area contributed by atoms with Crippen LogP contribution in [0.15, 0.2) is 0 Å². The first-order chi connectivity index (χ1) is 6.60. The number of hydrogen-bond acceptors (Lipinski definition) is 2. The van der Waals surface area contributed by atoms with E-state index in [0.29, 0.717) is 6.04 Å². The average molecular weight is 196 g/mol. The van der Waals surface area contributed by atoms with E-state index in [-0.39, 0.29) is 5.54 Å². The van der Waals surface area contributed by atoms with Gasteiger partial charge in [0, 0.05) is 18.1 Å². The Balaban J connectivity index is 1.79. The van der Waals surface area contributed by atoms with Gasteiger partial charge in [-0.05, 0) is 39.2 Å². The molecule has 1 unspecified atom stereocenters. The molecular formula is C12H24N2. The molecule has 2 nitrogen and oxygen atoms in total. The largest absolute Gasteiger partial charge is 0.326 e. The van der Waals surface area contributed by atoms with Crippen LogP contribution in [-0.2, 0) is 0 Å². The molecule has 0 aromatic rings. The smallest absolute Gasteiger partial charge is 0.0304 e. The Bertz CT molecular complexity index is 196. The fraction of sp³-hybridized carbons (Fsp3) is 1.00. The zero-order chi connectivity index (χ0) is 10.2. The van der Waals surface area contributed by atoms with Crippen LogP contribution < -0.4 is 5.73 Å². The normalized spacial score (nSPS) is 33.2. The highest BCUT2D eigenvalue weighted by Crippen LogP contribution is 2.32. The minimum Gasteiger partial charge on any atom is -0.326 e. The van der Waals surface area contributed by atoms with Gasteiger partial charge in [0.1, 0.15) is 0 Å². The van der Waals surface area contributed by atoms with Crippen LogP contribution in [0.1, 0.15) is 46.0 Å². The maximum absolute atomic E-state index is 6.11. The molecule has 0 bridgehead atoms. The molecule has 2 N–H and O–H groups in total. The van der Waals surface area contributed by atoms with Gasteiger partial charge in [-0.1, -0.05) is 19.3 Å². The summed E-state index contributed by atoms with van der Waals surface area (Å²) in [6.45, 7) is 7.07. The molecular weight excluding hydrogens is 172 g/mol. The molecule has 0 amide bonds. The molecule has 0 radical (unpaired) electrons. The van der Waals surface area contributed by atoms with Crippen LogP contribution >= 0.6 is 0 Å². The maximum Gasteiger partial charge on any atom is 0.0304 e. The Labute approximate surface area is 87.8 Å². The van der Waals surface area contributed by atoms with Gasteiger partial charge < -0.3 is 5.73 Å². The van der Waals surface area contributed by atoms with E-state index in [1.165, 1.54) is 45.2 Å². The topological polar surface area (TPSA) is 29.3 Å². The second-order valence-corrected chi connectivity index (χ2v) is 5.62. The Morgan fingerprint density at radius 3 is 2.43 bits per heavy atom. The minimum absolute atomic E-state index is 0.240. The number of nitrogens with two attached hydrogens (primary N) is 1. The van der Waals surface area contributed by atoms with E-state index in [2.05, 4.69) is 18.7 Å². The van der Waals surface area contributed by atoms with Gasteiger partial charge >= 0.3 is 0 Å². The molecule has 2 rings (SSSR count). The minimum atomic E-state index is 0.240. The first-order valence-corrected chi connectivity index (χ1v) is 6.11. The third-order valence-corrected chi connectivity index (χ3v) is 4.46. The lowest BCUT2D eigenvalue weighted by Gasteiger charge is -2.36. The first kappa shape index (κ1) is 10.4. The van der Waals surface area contributed by atoms with Gasteiger partial charge in [0.05, 0.1) is 0 Å². The Morgan fingerprint density at radius 1 is 1.29 bits per heavy atom. The SMILES string of the molecule is CC1(C)C(N)CCN1CCC1CCC1. The van der Waals surface area contributed by atoms with Crippen molar-refractivity contribution in [1.29, 1.82) is 0 Å². The highest BCUT2D eigenvalue weighted by atomic mass is 15.2. The summed E-state index contributed by atoms with van der Waals surface area (Å²) in [7, 11) is 0. The number of rotatable bonds is 3. The average Bonchev–Trinajstić information content (AvgIpc) is 2.28. The summed E-state index contributed by atoms with van der Waals surface area (Å²) in [5.74, 6) is 1.03. The number of hydrogen-bond donors (Lipinski definition) is 1. The van der Waals surface area contributed by atoms with Crippen molar-refractivity contribution < 1.29 is 0 Å². The van der Waals surface area contributed by atoms with Crippen molar-refractivity contribution in [3.63, 3.8) is 0 Å². The summed E-state index contributed by atoms with van der Waals surface area (Å²) in [4.78, 5) is 2.59. The van der Waals surface area contributed by atoms with Crippen molar-refractivity contribution in [2.45, 2.75) is 57.5 Å². The van der Waals surface area contributed by atoms with Gasteiger partial charge in [0.15, 0.2) is 0 Å². The molecule has 1 atom stereocenters. The fourth-order valence-electron chi connectivity index (χ4n) is 2.69. The predicted molar refractivity (Wildman–Crippen MR) is 60.2 cm³/mol. The summed E-state index contributed by atoms with van der Waals surface area (Å²) < 4.78 is 0. The Morgan fingerprint density at radius 2 is 2.00 bits per heavy atom. The van der Waals surface area contributed by atoms with Crippen molar-refractivity contribution in [3.05, 3.63) is 0 Å². The molecule has 1 saturated carbocycles. The van der Waals surface area contributed by atoms with Crippen LogP contribution in [0.4, 0.5) is 0 Å². The summed E-state index contributed by atoms with van der Waals surface area (Å²) in [5, 5.41) is 0. The highest BCUT2D eigenvalue weighted by Gasteiger charge is 2.38. The van der Waals surface area contributed by atoms with Crippen molar-refractivity contribution in [3.8, 4) is 0 Å². The van der Waals surface area contributed by atoms with Gasteiger partial charge in [-0.2, -0.15) is 0 Å². The lowest BCUT2D eigenvalue weighted by molar-refractivity contribution is 0.139. The van der Waals surface area contributed by atoms with Gasteiger partial charge in [-0.25, -0.2) is 0 Å². The lowest BCUT2D eigenvalue weighted by atomic mass is 9.82. The number of likely N-dealkylation sites (tertiary alicyclic amines) is 1. The van der Waals surface area contributed by atoms with Gasteiger partial charge in [-0.3, -0.25) is 4.90 Å². The molecule has 2 fully saturated rings. The van der Waals surface area contributed by atoms with Crippen molar-refractivity contribution in [2.75, 3.05) is 13.1 Å². The highest BCUT2D eigenvalue weighted by molar-refractivity contribution is 4.98. The van der Waals surface area contributed by atoms with Crippen LogP contribution in [0.25, 0.3) is 0 Å². The van der Waals surface area contributed by atoms with Crippen LogP contribution in [0, 0.1) is 5.92 Å². The van der Waals surface area contributed by atoms with Gasteiger partial charge in [-0.15, -0.1) is 0 Å². The quantitative estimate of drug-likeness (QED) is 0.748. The summed E-state index contributed by atoms with van der Waals surface area (Å²) in [6.07, 6.45) is 6.99. The molecule has 1 aliphatic carbocycles. The molecule has 2 aliphatic rings. The Kier molecular flexibility index (Phi) is 2.85. The third kappa shape index (κ3) is 1.82. The molecule has 2 heteroatoms. The predicted octanol–water partition coefficient (Wildman–Crippen LogP) is 1.99. The van der Waals surface area contributed by atoms with Gasteiger partial charge in [0.2, 0.25) is 0 Å². The molecule has 1 heterocycles. The molecule has 0 aromatic heterocycles. The zero-order valence-electron chi connectivity index (χ0n) is 9.63. The van der Waals surface area contributed by atoms with E-state index >= 15 is 0 Å². The van der Waals surface area contributed by atoms with Crippen molar-refractivity contribution in [2.24, 2.45) is 11.7 Å². The molecule has 1 saturated heterocycles. The van der Waals surface area contributed by atoms with E-state index in [1.54, 1.807) is 0 Å². The molecule has 1 aliphatic heterocycles. The second kappa shape index (κ2) is 3.82. The summed E-state index contributed by atoms with van der Waals surface area (Å²) >= 11 is 0. The van der Waals surface area contributed by atoms with E-state index < -0.39 is 0 Å². The number of nitrogens with zero attached hydrogens (tertiary/aromatic N) is 1. The summed E-state index contributed by atoms with van der Waals surface area (Å²) in [5.41, 5.74) is 6.35. The van der Waals surface area contributed by atoms with Crippen LogP contribution in [0.3, 0.4) is 0 Å². The van der Waals surface area contributed by atoms with E-state index in [9.17, 15) is 0 Å². The molecule has 0 spiro atoms. The monoisotopic (exact) mass is 196 g/mol. The van der Waals surface area contributed by atoms with E-state index in [4.69, 9.17) is 5.73 Å². The first-order valence-electron chi connectivity index (χ1n) is 6.11. The second-order valence-electron chi connectivity index (χ2n) is 5.62. The lowest BCUT2D eigenvalue weighted by Crippen LogP contribution is -2.49. The summed E-state index contributed by atoms with van der Waals surface area (Å²) in [6, 6.07) is 0.379. The van der Waals surface area contributed by atoms with Gasteiger partial charge in [0.25, 0.3) is 0 Å². The standard InChI is InChI=1S/C12H24N2/c1-12(2)11(13)7-9-14(12)8-6-10-4-3-5-10/h10-11H,3-9,13H2,1-2H3. The van der Waals surface area contributed by atoms with E-state index in [1.807, 2.05) is 0 Å². The van der Waals surface area contributed by atoms with Crippen LogP contribution in [-0.4, -0.2) is 29.6 Å². The van der Waals surface area contributed by atoms with Crippen LogP contribution in [0.2, 0.25) is 0 Å². The molecule has 0 aromatic carbocycles. The van der Waals surface area contributed by atoms with Crippen molar-refractivity contribution in [1.82, 2.24) is 4.90 Å². The maximum atomic E-state index is 6.11.